The molecule has 3 aliphatic heterocycles. The van der Waals surface area contributed by atoms with E-state index in [-0.39, 0.29) is 17.8 Å². The Bertz CT molecular complexity index is 1380. The predicted molar refractivity (Wildman–Crippen MR) is 161 cm³/mol. The number of anilines is 2. The van der Waals surface area contributed by atoms with Gasteiger partial charge in [0.15, 0.2) is 0 Å². The summed E-state index contributed by atoms with van der Waals surface area (Å²) < 4.78 is 8.68. The van der Waals surface area contributed by atoms with Crippen LogP contribution in [0.1, 0.15) is 24.1 Å². The fourth-order valence-corrected chi connectivity index (χ4v) is 6.36. The Kier molecular flexibility index (Phi) is 7.48. The first-order chi connectivity index (χ1) is 19.0. The Hall–Kier alpha value is -3.12. The molecule has 1 N–H and O–H groups in total. The van der Waals surface area contributed by atoms with E-state index in [9.17, 15) is 9.90 Å². The fourth-order valence-electron chi connectivity index (χ4n) is 5.80. The summed E-state index contributed by atoms with van der Waals surface area (Å²) >= 11 is 2.37. The molecule has 0 saturated carbocycles. The van der Waals surface area contributed by atoms with Crippen LogP contribution >= 0.6 is 22.9 Å². The van der Waals surface area contributed by atoms with E-state index >= 15 is 0 Å². The summed E-state index contributed by atoms with van der Waals surface area (Å²) in [6, 6.07) is 12.2. The molecule has 39 heavy (non-hydrogen) atoms. The first-order valence-corrected chi connectivity index (χ1v) is 14.5. The van der Waals surface area contributed by atoms with Crippen molar-refractivity contribution in [3.63, 3.8) is 0 Å². The van der Waals surface area contributed by atoms with Crippen LogP contribution in [0.4, 0.5) is 11.5 Å². The van der Waals surface area contributed by atoms with Crippen molar-refractivity contribution < 1.29 is 14.6 Å². The number of benzene rings is 2. The molecule has 6 rings (SSSR count). The number of rotatable bonds is 5. The van der Waals surface area contributed by atoms with E-state index in [4.69, 9.17) is 14.7 Å². The minimum absolute atomic E-state index is 0.0287. The molecule has 1 aromatic heterocycles. The summed E-state index contributed by atoms with van der Waals surface area (Å²) in [5.41, 5.74) is 3.11. The number of hydrogen-bond acceptors (Lipinski definition) is 8. The van der Waals surface area contributed by atoms with Crippen LogP contribution < -0.4 is 14.5 Å². The molecule has 0 aliphatic carbocycles. The number of fused-ring (bicyclic) bond motifs is 2. The third kappa shape index (κ3) is 5.49. The number of ether oxygens (including phenoxy) is 1. The summed E-state index contributed by atoms with van der Waals surface area (Å²) in [5, 5.41) is 12.6. The lowest BCUT2D eigenvalue weighted by Gasteiger charge is -2.38. The molecule has 2 aromatic carbocycles. The summed E-state index contributed by atoms with van der Waals surface area (Å²) in [4.78, 5) is 28.5. The van der Waals surface area contributed by atoms with E-state index in [2.05, 4.69) is 48.4 Å². The third-order valence-corrected chi connectivity index (χ3v) is 8.88. The number of piperazine rings is 1. The second kappa shape index (κ2) is 11.2. The van der Waals surface area contributed by atoms with Crippen LogP contribution in [-0.4, -0.2) is 80.9 Å². The van der Waals surface area contributed by atoms with Crippen molar-refractivity contribution in [1.82, 2.24) is 18.0 Å². The SMILES string of the molecule is C=CC(=O)N1CCN(c2nc(OC3CCN(I)CC3)nc3c2CCN(c2cc(O)cc4ccccc24)C3)CC1. The first-order valence-electron chi connectivity index (χ1n) is 13.6. The van der Waals surface area contributed by atoms with Crippen molar-refractivity contribution in [3.05, 3.63) is 60.3 Å². The van der Waals surface area contributed by atoms with Crippen molar-refractivity contribution in [2.75, 3.05) is 55.6 Å². The average molecular weight is 641 g/mol. The lowest BCUT2D eigenvalue weighted by molar-refractivity contribution is -0.126. The molecule has 0 unspecified atom stereocenters. The maximum atomic E-state index is 12.1. The second-order valence-electron chi connectivity index (χ2n) is 10.4. The van der Waals surface area contributed by atoms with Crippen LogP contribution in [0.5, 0.6) is 11.8 Å². The number of phenols is 1. The lowest BCUT2D eigenvalue weighted by Crippen LogP contribution is -2.49. The van der Waals surface area contributed by atoms with Gasteiger partial charge in [-0.15, -0.1) is 0 Å². The van der Waals surface area contributed by atoms with E-state index in [1.165, 1.54) is 6.08 Å². The van der Waals surface area contributed by atoms with E-state index < -0.39 is 0 Å². The van der Waals surface area contributed by atoms with Crippen molar-refractivity contribution in [2.24, 2.45) is 0 Å². The molecule has 0 atom stereocenters. The molecule has 1 amide bonds. The molecule has 10 heteroatoms. The normalized spacial score (nSPS) is 18.7. The van der Waals surface area contributed by atoms with Gasteiger partial charge in [0.25, 0.3) is 0 Å². The van der Waals surface area contributed by atoms with Crippen molar-refractivity contribution >= 4 is 51.0 Å². The van der Waals surface area contributed by atoms with Crippen molar-refractivity contribution in [3.8, 4) is 11.8 Å². The summed E-state index contributed by atoms with van der Waals surface area (Å²) in [6.07, 6.45) is 4.16. The van der Waals surface area contributed by atoms with E-state index in [0.717, 1.165) is 72.4 Å². The van der Waals surface area contributed by atoms with Gasteiger partial charge in [-0.2, -0.15) is 9.97 Å². The molecule has 2 saturated heterocycles. The van der Waals surface area contributed by atoms with Gasteiger partial charge >= 0.3 is 6.01 Å². The van der Waals surface area contributed by atoms with E-state index in [1.54, 1.807) is 6.07 Å². The quantitative estimate of drug-likeness (QED) is 0.255. The fraction of sp³-hybridized carbons (Fsp3) is 0.414. The number of carbonyl (C=O) groups is 1. The molecule has 3 aromatic rings. The lowest BCUT2D eigenvalue weighted by atomic mass is 10.0. The maximum absolute atomic E-state index is 12.1. The molecule has 0 spiro atoms. The number of hydrogen-bond donors (Lipinski definition) is 1. The van der Waals surface area contributed by atoms with E-state index in [1.807, 2.05) is 29.2 Å². The highest BCUT2D eigenvalue weighted by Gasteiger charge is 2.30. The number of aromatic hydroxyl groups is 1. The van der Waals surface area contributed by atoms with Gasteiger partial charge in [0.1, 0.15) is 17.7 Å². The predicted octanol–water partition coefficient (Wildman–Crippen LogP) is 3.93. The molecule has 204 valence electrons. The van der Waals surface area contributed by atoms with Crippen LogP contribution in [0.15, 0.2) is 49.1 Å². The van der Waals surface area contributed by atoms with Gasteiger partial charge in [0, 0.05) is 91.4 Å². The highest BCUT2D eigenvalue weighted by molar-refractivity contribution is 14.1. The number of aromatic nitrogens is 2. The monoisotopic (exact) mass is 640 g/mol. The molecular formula is C29H33IN6O3. The zero-order valence-electron chi connectivity index (χ0n) is 21.9. The molecule has 0 bridgehead atoms. The topological polar surface area (TPSA) is 85.3 Å². The third-order valence-electron chi connectivity index (χ3n) is 7.91. The van der Waals surface area contributed by atoms with Gasteiger partial charge in [-0.1, -0.05) is 30.8 Å². The number of amides is 1. The van der Waals surface area contributed by atoms with Gasteiger partial charge < -0.3 is 24.5 Å². The Morgan fingerprint density at radius 1 is 1.03 bits per heavy atom. The number of phenolic OH excluding ortho intramolecular Hbond substituents is 1. The van der Waals surface area contributed by atoms with Crippen molar-refractivity contribution in [2.45, 2.75) is 31.9 Å². The second-order valence-corrected chi connectivity index (χ2v) is 11.7. The van der Waals surface area contributed by atoms with Crippen LogP contribution in [0.25, 0.3) is 10.8 Å². The molecule has 4 heterocycles. The zero-order valence-corrected chi connectivity index (χ0v) is 24.1. The minimum atomic E-state index is -0.0287. The Balaban J connectivity index is 1.32. The maximum Gasteiger partial charge on any atom is 0.318 e. The largest absolute Gasteiger partial charge is 0.508 e. The Morgan fingerprint density at radius 3 is 2.56 bits per heavy atom. The smallest absolute Gasteiger partial charge is 0.318 e. The molecule has 0 radical (unpaired) electrons. The zero-order chi connectivity index (χ0) is 26.9. The number of nitrogens with zero attached hydrogens (tertiary/aromatic N) is 6. The van der Waals surface area contributed by atoms with Crippen molar-refractivity contribution in [1.29, 1.82) is 0 Å². The average Bonchev–Trinajstić information content (AvgIpc) is 2.97. The number of halogens is 1. The van der Waals surface area contributed by atoms with Crippen LogP contribution in [0.3, 0.4) is 0 Å². The summed E-state index contributed by atoms with van der Waals surface area (Å²) in [7, 11) is 0. The van der Waals surface area contributed by atoms with Gasteiger partial charge in [-0.3, -0.25) is 4.79 Å². The number of piperidine rings is 1. The number of carbonyl (C=O) groups excluding carboxylic acids is 1. The molecule has 9 nitrogen and oxygen atoms in total. The Labute approximate surface area is 242 Å². The Morgan fingerprint density at radius 2 is 1.79 bits per heavy atom. The summed E-state index contributed by atoms with van der Waals surface area (Å²) in [6.45, 7) is 9.68. The van der Waals surface area contributed by atoms with Crippen LogP contribution in [-0.2, 0) is 17.8 Å². The molecular weight excluding hydrogens is 607 g/mol. The summed E-state index contributed by atoms with van der Waals surface area (Å²) in [5.74, 6) is 1.15. The van der Waals surface area contributed by atoms with Gasteiger partial charge in [-0.05, 0) is 36.8 Å². The van der Waals surface area contributed by atoms with E-state index in [0.29, 0.717) is 38.7 Å². The first kappa shape index (κ1) is 26.1. The van der Waals surface area contributed by atoms with Gasteiger partial charge in [-0.25, -0.2) is 3.11 Å². The molecule has 2 fully saturated rings. The van der Waals surface area contributed by atoms with Gasteiger partial charge in [0.2, 0.25) is 5.91 Å². The van der Waals surface area contributed by atoms with Crippen LogP contribution in [0, 0.1) is 0 Å². The van der Waals surface area contributed by atoms with Crippen LogP contribution in [0.2, 0.25) is 0 Å². The van der Waals surface area contributed by atoms with Gasteiger partial charge in [0.05, 0.1) is 12.2 Å². The highest BCUT2D eigenvalue weighted by atomic mass is 127. The molecule has 3 aliphatic rings. The minimum Gasteiger partial charge on any atom is -0.508 e. The standard InChI is InChI=1S/C29H33IN6O3/c1-2-27(38)33-13-15-34(16-14-33)28-24-9-10-35(26-18-21(37)17-20-5-3-4-6-23(20)26)19-25(24)31-29(32-28)39-22-7-11-36(30)12-8-22/h2-6,17-18,22,37H,1,7-16,19H2. The highest BCUT2D eigenvalue weighted by Crippen LogP contribution is 2.36.